The molecule has 0 spiro atoms. The minimum Gasteiger partial charge on any atom is -0.497 e. The van der Waals surface area contributed by atoms with Crippen LogP contribution in [0, 0.1) is 6.92 Å². The minimum atomic E-state index is -0.137. The van der Waals surface area contributed by atoms with E-state index in [2.05, 4.69) is 15.4 Å². The SMILES string of the molecule is COc1ccc(-c2nc(C)c(C(=O)Nc3c4c(nn3C)CSC4)s2)cc1. The topological polar surface area (TPSA) is 69.0 Å². The van der Waals surface area contributed by atoms with Gasteiger partial charge in [-0.15, -0.1) is 11.3 Å². The van der Waals surface area contributed by atoms with E-state index in [-0.39, 0.29) is 5.91 Å². The first-order valence-electron chi connectivity index (χ1n) is 8.12. The molecule has 0 unspecified atom stereocenters. The van der Waals surface area contributed by atoms with Gasteiger partial charge in [-0.3, -0.25) is 9.48 Å². The highest BCUT2D eigenvalue weighted by Crippen LogP contribution is 2.35. The van der Waals surface area contributed by atoms with Crippen LogP contribution in [-0.4, -0.2) is 27.8 Å². The van der Waals surface area contributed by atoms with E-state index in [0.29, 0.717) is 4.88 Å². The third-order valence-corrected chi connectivity index (χ3v) is 6.46. The van der Waals surface area contributed by atoms with E-state index in [9.17, 15) is 4.79 Å². The van der Waals surface area contributed by atoms with E-state index in [4.69, 9.17) is 4.74 Å². The molecule has 134 valence electrons. The third kappa shape index (κ3) is 2.99. The summed E-state index contributed by atoms with van der Waals surface area (Å²) < 4.78 is 6.94. The maximum absolute atomic E-state index is 12.8. The Kier molecular flexibility index (Phi) is 4.46. The number of aromatic nitrogens is 3. The fraction of sp³-hybridized carbons (Fsp3) is 0.278. The molecule has 26 heavy (non-hydrogen) atoms. The molecule has 1 N–H and O–H groups in total. The Labute approximate surface area is 159 Å². The number of rotatable bonds is 4. The highest BCUT2D eigenvalue weighted by molar-refractivity contribution is 7.98. The number of benzene rings is 1. The molecule has 3 heterocycles. The van der Waals surface area contributed by atoms with Crippen molar-refractivity contribution in [1.82, 2.24) is 14.8 Å². The van der Waals surface area contributed by atoms with Gasteiger partial charge in [0.1, 0.15) is 21.5 Å². The number of nitrogens with zero attached hydrogens (tertiary/aromatic N) is 3. The van der Waals surface area contributed by atoms with E-state index >= 15 is 0 Å². The molecule has 1 aliphatic heterocycles. The van der Waals surface area contributed by atoms with Gasteiger partial charge in [-0.2, -0.15) is 16.9 Å². The van der Waals surface area contributed by atoms with Gasteiger partial charge in [0.2, 0.25) is 0 Å². The van der Waals surface area contributed by atoms with Gasteiger partial charge in [-0.25, -0.2) is 4.98 Å². The van der Waals surface area contributed by atoms with E-state index in [1.165, 1.54) is 11.3 Å². The smallest absolute Gasteiger partial charge is 0.268 e. The predicted molar refractivity (Wildman–Crippen MR) is 105 cm³/mol. The Bertz CT molecular complexity index is 976. The lowest BCUT2D eigenvalue weighted by Gasteiger charge is -2.06. The molecule has 8 heteroatoms. The maximum Gasteiger partial charge on any atom is 0.268 e. The van der Waals surface area contributed by atoms with Crippen LogP contribution in [-0.2, 0) is 18.6 Å². The first-order valence-corrected chi connectivity index (χ1v) is 10.1. The van der Waals surface area contributed by atoms with Crippen LogP contribution >= 0.6 is 23.1 Å². The molecule has 0 aliphatic carbocycles. The van der Waals surface area contributed by atoms with Gasteiger partial charge in [-0.1, -0.05) is 0 Å². The number of carbonyl (C=O) groups is 1. The molecule has 0 atom stereocenters. The average molecular weight is 387 g/mol. The number of thioether (sulfide) groups is 1. The number of thiazole rings is 1. The predicted octanol–water partition coefficient (Wildman–Crippen LogP) is 3.86. The highest BCUT2D eigenvalue weighted by atomic mass is 32.2. The summed E-state index contributed by atoms with van der Waals surface area (Å²) in [6.45, 7) is 1.86. The lowest BCUT2D eigenvalue weighted by Crippen LogP contribution is -2.15. The van der Waals surface area contributed by atoms with Crippen LogP contribution in [0.1, 0.15) is 26.6 Å². The number of amides is 1. The van der Waals surface area contributed by atoms with Crippen molar-refractivity contribution in [3.05, 3.63) is 46.1 Å². The summed E-state index contributed by atoms with van der Waals surface area (Å²) in [6, 6.07) is 7.68. The van der Waals surface area contributed by atoms with Crippen molar-refractivity contribution in [3.63, 3.8) is 0 Å². The number of fused-ring (bicyclic) bond motifs is 1. The van der Waals surface area contributed by atoms with Gasteiger partial charge >= 0.3 is 0 Å². The zero-order valence-electron chi connectivity index (χ0n) is 14.7. The van der Waals surface area contributed by atoms with E-state index in [1.807, 2.05) is 50.0 Å². The standard InChI is InChI=1S/C18H18N4O2S2/c1-10-15(26-18(19-10)11-4-6-12(24-3)7-5-11)17(23)20-16-13-8-25-9-14(13)21-22(16)2/h4-7H,8-9H2,1-3H3,(H,20,23). The largest absolute Gasteiger partial charge is 0.497 e. The number of anilines is 1. The molecular weight excluding hydrogens is 368 g/mol. The van der Waals surface area contributed by atoms with Gasteiger partial charge in [0.15, 0.2) is 0 Å². The molecule has 4 rings (SSSR count). The van der Waals surface area contributed by atoms with Crippen molar-refractivity contribution < 1.29 is 9.53 Å². The number of aryl methyl sites for hydroxylation is 2. The molecular formula is C18H18N4O2S2. The Morgan fingerprint density at radius 2 is 2.04 bits per heavy atom. The molecule has 0 fully saturated rings. The van der Waals surface area contributed by atoms with Gasteiger partial charge in [0, 0.05) is 29.7 Å². The first-order chi connectivity index (χ1) is 12.6. The molecule has 1 aromatic carbocycles. The summed E-state index contributed by atoms with van der Waals surface area (Å²) >= 11 is 3.21. The number of ether oxygens (including phenoxy) is 1. The summed E-state index contributed by atoms with van der Waals surface area (Å²) in [5.41, 5.74) is 3.89. The number of hydrogen-bond donors (Lipinski definition) is 1. The second kappa shape index (κ2) is 6.77. The zero-order chi connectivity index (χ0) is 18.3. The van der Waals surface area contributed by atoms with Crippen molar-refractivity contribution in [1.29, 1.82) is 0 Å². The fourth-order valence-electron chi connectivity index (χ4n) is 2.93. The second-order valence-electron chi connectivity index (χ2n) is 6.01. The Balaban J connectivity index is 1.60. The average Bonchev–Trinajstić information content (AvgIpc) is 3.32. The normalized spacial score (nSPS) is 12.9. The second-order valence-corrected chi connectivity index (χ2v) is 7.99. The van der Waals surface area contributed by atoms with E-state index in [1.54, 1.807) is 11.8 Å². The molecule has 3 aromatic rings. The number of carbonyl (C=O) groups excluding carboxylic acids is 1. The van der Waals surface area contributed by atoms with Crippen LogP contribution in [0.25, 0.3) is 10.6 Å². The number of hydrogen-bond acceptors (Lipinski definition) is 6. The first kappa shape index (κ1) is 17.1. The van der Waals surface area contributed by atoms with E-state index < -0.39 is 0 Å². The van der Waals surface area contributed by atoms with E-state index in [0.717, 1.165) is 50.6 Å². The molecule has 1 amide bonds. The summed E-state index contributed by atoms with van der Waals surface area (Å²) in [5, 5.41) is 8.34. The summed E-state index contributed by atoms with van der Waals surface area (Å²) in [4.78, 5) is 18.0. The van der Waals surface area contributed by atoms with Crippen molar-refractivity contribution in [2.24, 2.45) is 7.05 Å². The Morgan fingerprint density at radius 3 is 2.77 bits per heavy atom. The summed E-state index contributed by atoms with van der Waals surface area (Å²) in [5.74, 6) is 3.23. The zero-order valence-corrected chi connectivity index (χ0v) is 16.3. The Morgan fingerprint density at radius 1 is 1.27 bits per heavy atom. The van der Waals surface area contributed by atoms with Gasteiger partial charge in [0.25, 0.3) is 5.91 Å². The van der Waals surface area contributed by atoms with Gasteiger partial charge in [-0.05, 0) is 31.2 Å². The molecule has 0 saturated heterocycles. The van der Waals surface area contributed by atoms with Crippen LogP contribution in [0.2, 0.25) is 0 Å². The van der Waals surface area contributed by atoms with Crippen molar-refractivity contribution in [2.75, 3.05) is 12.4 Å². The summed E-state index contributed by atoms with van der Waals surface area (Å²) in [6.07, 6.45) is 0. The lowest BCUT2D eigenvalue weighted by atomic mass is 10.2. The van der Waals surface area contributed by atoms with Crippen molar-refractivity contribution in [2.45, 2.75) is 18.4 Å². The molecule has 0 saturated carbocycles. The molecule has 6 nitrogen and oxygen atoms in total. The number of methoxy groups -OCH3 is 1. The van der Waals surface area contributed by atoms with Crippen LogP contribution in [0.15, 0.2) is 24.3 Å². The maximum atomic E-state index is 12.8. The molecule has 0 bridgehead atoms. The molecule has 1 aliphatic rings. The molecule has 0 radical (unpaired) electrons. The Hall–Kier alpha value is -2.32. The van der Waals surface area contributed by atoms with Gasteiger partial charge in [0.05, 0.1) is 18.5 Å². The van der Waals surface area contributed by atoms with Crippen LogP contribution in [0.3, 0.4) is 0 Å². The van der Waals surface area contributed by atoms with Crippen LogP contribution in [0.5, 0.6) is 5.75 Å². The monoisotopic (exact) mass is 386 g/mol. The van der Waals surface area contributed by atoms with Gasteiger partial charge < -0.3 is 10.1 Å². The fourth-order valence-corrected chi connectivity index (χ4v) is 4.93. The lowest BCUT2D eigenvalue weighted by molar-refractivity contribution is 0.102. The number of nitrogens with one attached hydrogen (secondary N) is 1. The van der Waals surface area contributed by atoms with Crippen molar-refractivity contribution in [3.8, 4) is 16.3 Å². The molecule has 2 aromatic heterocycles. The third-order valence-electron chi connectivity index (χ3n) is 4.29. The van der Waals surface area contributed by atoms with Crippen molar-refractivity contribution >= 4 is 34.8 Å². The van der Waals surface area contributed by atoms with Crippen LogP contribution < -0.4 is 10.1 Å². The highest BCUT2D eigenvalue weighted by Gasteiger charge is 2.24. The minimum absolute atomic E-state index is 0.137. The summed E-state index contributed by atoms with van der Waals surface area (Å²) in [7, 11) is 3.50. The van der Waals surface area contributed by atoms with Crippen LogP contribution in [0.4, 0.5) is 5.82 Å². The quantitative estimate of drug-likeness (QED) is 0.737.